The number of H-pyrrole nitrogens is 1. The van der Waals surface area contributed by atoms with Crippen molar-refractivity contribution in [2.75, 3.05) is 0 Å². The van der Waals surface area contributed by atoms with Crippen LogP contribution in [0.25, 0.3) is 0 Å². The quantitative estimate of drug-likeness (QED) is 0.732. The molecule has 0 bridgehead atoms. The highest BCUT2D eigenvalue weighted by Gasteiger charge is 2.17. The third-order valence-electron chi connectivity index (χ3n) is 2.65. The molecule has 0 fully saturated rings. The van der Waals surface area contributed by atoms with Gasteiger partial charge in [-0.15, -0.1) is 0 Å². The average Bonchev–Trinajstić information content (AvgIpc) is 2.80. The van der Waals surface area contributed by atoms with Crippen LogP contribution in [0.1, 0.15) is 25.0 Å². The molecule has 0 aliphatic heterocycles. The number of nitrogens with zero attached hydrogens (tertiary/aromatic N) is 1. The van der Waals surface area contributed by atoms with Crippen molar-refractivity contribution in [1.82, 2.24) is 15.3 Å². The lowest BCUT2D eigenvalue weighted by molar-refractivity contribution is -0.125. The summed E-state index contributed by atoms with van der Waals surface area (Å²) >= 11 is 0. The van der Waals surface area contributed by atoms with E-state index < -0.39 is 0 Å². The lowest BCUT2D eigenvalue weighted by Crippen LogP contribution is -2.30. The first-order chi connectivity index (χ1) is 7.36. The molecule has 0 spiro atoms. The standard InChI is InChI=1S/C11H15N3O/c15-11(9-4-2-1-3-5-9)13-7-10-6-12-8-14-10/h1-2,6,8-9H,3-5,7H2,(H,12,14)(H,13,15). The van der Waals surface area contributed by atoms with E-state index in [-0.39, 0.29) is 11.8 Å². The monoisotopic (exact) mass is 205 g/mol. The molecule has 1 amide bonds. The zero-order chi connectivity index (χ0) is 10.5. The zero-order valence-electron chi connectivity index (χ0n) is 8.57. The first-order valence-electron chi connectivity index (χ1n) is 5.26. The maximum absolute atomic E-state index is 11.7. The highest BCUT2D eigenvalue weighted by molar-refractivity contribution is 5.78. The Kier molecular flexibility index (Phi) is 3.17. The summed E-state index contributed by atoms with van der Waals surface area (Å²) < 4.78 is 0. The molecule has 80 valence electrons. The molecule has 4 nitrogen and oxygen atoms in total. The SMILES string of the molecule is O=C(NCc1cnc[nH]1)C1CC=CCC1. The summed E-state index contributed by atoms with van der Waals surface area (Å²) in [5, 5.41) is 2.91. The van der Waals surface area contributed by atoms with Gasteiger partial charge >= 0.3 is 0 Å². The highest BCUT2D eigenvalue weighted by atomic mass is 16.1. The van der Waals surface area contributed by atoms with Crippen molar-refractivity contribution in [3.63, 3.8) is 0 Å². The number of imidazole rings is 1. The Balaban J connectivity index is 1.79. The van der Waals surface area contributed by atoms with E-state index in [4.69, 9.17) is 0 Å². The van der Waals surface area contributed by atoms with Crippen LogP contribution in [-0.2, 0) is 11.3 Å². The summed E-state index contributed by atoms with van der Waals surface area (Å²) in [5.74, 6) is 0.298. The maximum atomic E-state index is 11.7. The predicted molar refractivity (Wildman–Crippen MR) is 56.9 cm³/mol. The van der Waals surface area contributed by atoms with Crippen LogP contribution in [0.5, 0.6) is 0 Å². The molecule has 1 heterocycles. The second kappa shape index (κ2) is 4.77. The maximum Gasteiger partial charge on any atom is 0.223 e. The third-order valence-corrected chi connectivity index (χ3v) is 2.65. The highest BCUT2D eigenvalue weighted by Crippen LogP contribution is 2.17. The first-order valence-corrected chi connectivity index (χ1v) is 5.26. The van der Waals surface area contributed by atoms with Crippen molar-refractivity contribution in [1.29, 1.82) is 0 Å². The van der Waals surface area contributed by atoms with Crippen LogP contribution in [0.3, 0.4) is 0 Å². The molecule has 1 aliphatic carbocycles. The Labute approximate surface area is 88.8 Å². The van der Waals surface area contributed by atoms with Gasteiger partial charge in [-0.25, -0.2) is 4.98 Å². The molecule has 2 rings (SSSR count). The number of aromatic amines is 1. The Morgan fingerprint density at radius 2 is 2.53 bits per heavy atom. The molecular weight excluding hydrogens is 190 g/mol. The van der Waals surface area contributed by atoms with Gasteiger partial charge in [-0.1, -0.05) is 12.2 Å². The van der Waals surface area contributed by atoms with Crippen LogP contribution in [-0.4, -0.2) is 15.9 Å². The fourth-order valence-corrected chi connectivity index (χ4v) is 1.74. The molecule has 0 saturated heterocycles. The second-order valence-corrected chi connectivity index (χ2v) is 3.78. The number of hydrogen-bond acceptors (Lipinski definition) is 2. The van der Waals surface area contributed by atoms with Gasteiger partial charge in [-0.3, -0.25) is 4.79 Å². The molecule has 0 radical (unpaired) electrons. The fourth-order valence-electron chi connectivity index (χ4n) is 1.74. The Morgan fingerprint density at radius 3 is 3.20 bits per heavy atom. The Hall–Kier alpha value is -1.58. The average molecular weight is 205 g/mol. The number of nitrogens with one attached hydrogen (secondary N) is 2. The topological polar surface area (TPSA) is 57.8 Å². The molecule has 2 N–H and O–H groups in total. The molecule has 1 unspecified atom stereocenters. The minimum Gasteiger partial charge on any atom is -0.350 e. The molecule has 0 aromatic carbocycles. The molecule has 4 heteroatoms. The summed E-state index contributed by atoms with van der Waals surface area (Å²) in [6, 6.07) is 0. The summed E-state index contributed by atoms with van der Waals surface area (Å²) in [4.78, 5) is 18.6. The lowest BCUT2D eigenvalue weighted by atomic mass is 9.94. The molecular formula is C11H15N3O. The van der Waals surface area contributed by atoms with Crippen molar-refractivity contribution in [2.24, 2.45) is 5.92 Å². The van der Waals surface area contributed by atoms with Crippen LogP contribution in [0.15, 0.2) is 24.7 Å². The van der Waals surface area contributed by atoms with E-state index in [0.29, 0.717) is 6.54 Å². The summed E-state index contributed by atoms with van der Waals surface area (Å²) in [6.45, 7) is 0.541. The Bertz CT molecular complexity index is 343. The van der Waals surface area contributed by atoms with Gasteiger partial charge in [0.1, 0.15) is 0 Å². The summed E-state index contributed by atoms with van der Waals surface area (Å²) in [6.07, 6.45) is 10.4. The van der Waals surface area contributed by atoms with E-state index in [1.807, 2.05) is 0 Å². The number of amides is 1. The smallest absolute Gasteiger partial charge is 0.223 e. The summed E-state index contributed by atoms with van der Waals surface area (Å²) in [7, 11) is 0. The second-order valence-electron chi connectivity index (χ2n) is 3.78. The minimum absolute atomic E-state index is 0.147. The van der Waals surface area contributed by atoms with E-state index in [2.05, 4.69) is 27.4 Å². The first kappa shape index (κ1) is 9.96. The van der Waals surface area contributed by atoms with E-state index in [9.17, 15) is 4.79 Å². The van der Waals surface area contributed by atoms with Crippen LogP contribution in [0.2, 0.25) is 0 Å². The fraction of sp³-hybridized carbons (Fsp3) is 0.455. The van der Waals surface area contributed by atoms with Crippen molar-refractivity contribution in [3.8, 4) is 0 Å². The molecule has 0 saturated carbocycles. The van der Waals surface area contributed by atoms with Crippen LogP contribution >= 0.6 is 0 Å². The van der Waals surface area contributed by atoms with Crippen LogP contribution in [0.4, 0.5) is 0 Å². The van der Waals surface area contributed by atoms with Crippen molar-refractivity contribution in [3.05, 3.63) is 30.4 Å². The Morgan fingerprint density at radius 1 is 1.60 bits per heavy atom. The number of hydrogen-bond donors (Lipinski definition) is 2. The minimum atomic E-state index is 0.147. The zero-order valence-corrected chi connectivity index (χ0v) is 8.57. The molecule has 1 aliphatic rings. The van der Waals surface area contributed by atoms with E-state index in [1.165, 1.54) is 0 Å². The van der Waals surface area contributed by atoms with E-state index >= 15 is 0 Å². The van der Waals surface area contributed by atoms with Gasteiger partial charge < -0.3 is 10.3 Å². The number of rotatable bonds is 3. The lowest BCUT2D eigenvalue weighted by Gasteiger charge is -2.16. The van der Waals surface area contributed by atoms with Crippen LogP contribution < -0.4 is 5.32 Å². The van der Waals surface area contributed by atoms with Crippen molar-refractivity contribution in [2.45, 2.75) is 25.8 Å². The number of allylic oxidation sites excluding steroid dienone is 2. The largest absolute Gasteiger partial charge is 0.350 e. The van der Waals surface area contributed by atoms with Gasteiger partial charge in [-0.2, -0.15) is 0 Å². The van der Waals surface area contributed by atoms with Gasteiger partial charge in [0, 0.05) is 12.1 Å². The van der Waals surface area contributed by atoms with Gasteiger partial charge in [0.2, 0.25) is 5.91 Å². The molecule has 1 atom stereocenters. The van der Waals surface area contributed by atoms with Gasteiger partial charge in [0.25, 0.3) is 0 Å². The van der Waals surface area contributed by atoms with Crippen molar-refractivity contribution >= 4 is 5.91 Å². The van der Waals surface area contributed by atoms with Crippen LogP contribution in [0, 0.1) is 5.92 Å². The van der Waals surface area contributed by atoms with Crippen molar-refractivity contribution < 1.29 is 4.79 Å². The number of carbonyl (C=O) groups excluding carboxylic acids is 1. The molecule has 1 aromatic heterocycles. The number of aromatic nitrogens is 2. The van der Waals surface area contributed by atoms with Gasteiger partial charge in [-0.05, 0) is 19.3 Å². The third kappa shape index (κ3) is 2.68. The normalized spacial score (nSPS) is 20.1. The number of carbonyl (C=O) groups is 1. The molecule has 15 heavy (non-hydrogen) atoms. The van der Waals surface area contributed by atoms with E-state index in [0.717, 1.165) is 25.0 Å². The van der Waals surface area contributed by atoms with Gasteiger partial charge in [0.05, 0.1) is 18.6 Å². The van der Waals surface area contributed by atoms with Gasteiger partial charge in [0.15, 0.2) is 0 Å². The molecule has 1 aromatic rings. The van der Waals surface area contributed by atoms with E-state index in [1.54, 1.807) is 12.5 Å². The summed E-state index contributed by atoms with van der Waals surface area (Å²) in [5.41, 5.74) is 0.940. The predicted octanol–water partition coefficient (Wildman–Crippen LogP) is 1.38.